The molecule has 7 heteroatoms. The van der Waals surface area contributed by atoms with Crippen LogP contribution in [0.25, 0.3) is 6.08 Å². The van der Waals surface area contributed by atoms with E-state index in [-0.39, 0.29) is 11.4 Å². The fraction of sp³-hybridized carbons (Fsp3) is 0.0588. The van der Waals surface area contributed by atoms with E-state index in [1.165, 1.54) is 29.1 Å². The molecule has 24 heavy (non-hydrogen) atoms. The third kappa shape index (κ3) is 2.48. The topological polar surface area (TPSA) is 82.0 Å². The molecule has 6 nitrogen and oxygen atoms in total. The van der Waals surface area contributed by atoms with Crippen LogP contribution in [-0.2, 0) is 4.79 Å². The number of nitrogens with one attached hydrogen (secondary N) is 1. The van der Waals surface area contributed by atoms with Crippen molar-refractivity contribution in [2.45, 2.75) is 6.92 Å². The Bertz CT molecular complexity index is 924. The maximum absolute atomic E-state index is 12.2. The second-order valence-corrected chi connectivity index (χ2v) is 6.26. The molecule has 0 atom stereocenters. The standard InChI is InChI=1S/C17H12N4O2S/c1-10-4-6-11(7-5-10)16-20-21-14(18)13(9-12-3-2-8-23-12)15(22)19-17(21)24-16/h2-9,18H,1H3/b13-9-,18-14?. The summed E-state index contributed by atoms with van der Waals surface area (Å²) >= 11 is 1.28. The summed E-state index contributed by atoms with van der Waals surface area (Å²) in [5.74, 6) is 0.0304. The second-order valence-electron chi connectivity index (χ2n) is 5.31. The van der Waals surface area contributed by atoms with E-state index in [4.69, 9.17) is 9.83 Å². The Morgan fingerprint density at radius 1 is 1.25 bits per heavy atom. The minimum absolute atomic E-state index is 0.00369. The molecule has 4 rings (SSSR count). The molecular weight excluding hydrogens is 324 g/mol. The highest BCUT2D eigenvalue weighted by Crippen LogP contribution is 2.30. The van der Waals surface area contributed by atoms with E-state index in [0.29, 0.717) is 16.0 Å². The summed E-state index contributed by atoms with van der Waals surface area (Å²) in [7, 11) is 0. The van der Waals surface area contributed by atoms with E-state index in [2.05, 4.69) is 10.1 Å². The van der Waals surface area contributed by atoms with Crippen LogP contribution in [0.4, 0.5) is 0 Å². The van der Waals surface area contributed by atoms with Gasteiger partial charge in [-0.1, -0.05) is 29.8 Å². The minimum Gasteiger partial charge on any atom is -0.465 e. The number of nitrogens with zero attached hydrogens (tertiary/aromatic N) is 3. The normalized spacial score (nSPS) is 18.7. The van der Waals surface area contributed by atoms with Crippen molar-refractivity contribution in [2.75, 3.05) is 0 Å². The Kier molecular flexibility index (Phi) is 3.42. The number of amidine groups is 2. The fourth-order valence-electron chi connectivity index (χ4n) is 2.32. The van der Waals surface area contributed by atoms with Crippen molar-refractivity contribution in [1.82, 2.24) is 5.01 Å². The van der Waals surface area contributed by atoms with Gasteiger partial charge in [-0.05, 0) is 36.9 Å². The molecule has 1 N–H and O–H groups in total. The number of amides is 1. The highest BCUT2D eigenvalue weighted by Gasteiger charge is 2.36. The number of rotatable bonds is 2. The molecule has 0 bridgehead atoms. The predicted molar refractivity (Wildman–Crippen MR) is 94.0 cm³/mol. The zero-order valence-electron chi connectivity index (χ0n) is 12.7. The number of carbonyl (C=O) groups is 1. The van der Waals surface area contributed by atoms with Gasteiger partial charge in [0.1, 0.15) is 10.8 Å². The van der Waals surface area contributed by atoms with Crippen molar-refractivity contribution in [3.05, 3.63) is 65.1 Å². The average Bonchev–Trinajstić information content (AvgIpc) is 3.21. The van der Waals surface area contributed by atoms with Gasteiger partial charge in [0.25, 0.3) is 5.91 Å². The quantitative estimate of drug-likeness (QED) is 0.854. The molecule has 118 valence electrons. The van der Waals surface area contributed by atoms with Crippen LogP contribution in [0.2, 0.25) is 0 Å². The molecule has 0 spiro atoms. The van der Waals surface area contributed by atoms with Gasteiger partial charge in [0.15, 0.2) is 5.84 Å². The SMILES string of the molecule is Cc1ccc(C2=NN3C(=N)/C(=C/c4ccco4)C(=O)N=C3S2)cc1. The van der Waals surface area contributed by atoms with Crippen molar-refractivity contribution in [1.29, 1.82) is 5.41 Å². The third-order valence-electron chi connectivity index (χ3n) is 3.58. The largest absolute Gasteiger partial charge is 0.465 e. The Morgan fingerprint density at radius 3 is 2.75 bits per heavy atom. The third-order valence-corrected chi connectivity index (χ3v) is 4.54. The molecule has 0 unspecified atom stereocenters. The number of carbonyl (C=O) groups excluding carboxylic acids is 1. The van der Waals surface area contributed by atoms with Crippen LogP contribution in [0.5, 0.6) is 0 Å². The summed E-state index contributed by atoms with van der Waals surface area (Å²) in [6.07, 6.45) is 3.02. The first-order valence-electron chi connectivity index (χ1n) is 7.22. The summed E-state index contributed by atoms with van der Waals surface area (Å²) in [5.41, 5.74) is 2.24. The molecule has 1 aromatic carbocycles. The van der Waals surface area contributed by atoms with Gasteiger partial charge in [-0.25, -0.2) is 0 Å². The average molecular weight is 336 g/mol. The number of benzene rings is 1. The van der Waals surface area contributed by atoms with Crippen molar-refractivity contribution >= 4 is 39.8 Å². The van der Waals surface area contributed by atoms with Crippen LogP contribution in [0.15, 0.2) is 62.7 Å². The first-order valence-corrected chi connectivity index (χ1v) is 8.04. The molecule has 3 heterocycles. The van der Waals surface area contributed by atoms with Gasteiger partial charge in [-0.15, -0.1) is 0 Å². The Labute approximate surface area is 142 Å². The van der Waals surface area contributed by atoms with E-state index < -0.39 is 5.91 Å². The number of thioether (sulfide) groups is 1. The molecule has 2 aromatic rings. The van der Waals surface area contributed by atoms with E-state index in [9.17, 15) is 4.79 Å². The number of hydrogen-bond donors (Lipinski definition) is 1. The van der Waals surface area contributed by atoms with Gasteiger partial charge in [-0.3, -0.25) is 10.2 Å². The van der Waals surface area contributed by atoms with Crippen LogP contribution in [0, 0.1) is 12.3 Å². The van der Waals surface area contributed by atoms with Crippen LogP contribution >= 0.6 is 11.8 Å². The molecule has 2 aliphatic rings. The number of furan rings is 1. The van der Waals surface area contributed by atoms with Gasteiger partial charge in [0.05, 0.1) is 11.8 Å². The molecule has 0 aliphatic carbocycles. The smallest absolute Gasteiger partial charge is 0.283 e. The maximum atomic E-state index is 12.2. The zero-order chi connectivity index (χ0) is 16.7. The van der Waals surface area contributed by atoms with Crippen LogP contribution in [0.1, 0.15) is 16.9 Å². The second kappa shape index (κ2) is 5.61. The fourth-order valence-corrected chi connectivity index (χ4v) is 3.22. The Balaban J connectivity index is 1.70. The van der Waals surface area contributed by atoms with Gasteiger partial charge < -0.3 is 4.42 Å². The number of fused-ring (bicyclic) bond motifs is 1. The van der Waals surface area contributed by atoms with E-state index >= 15 is 0 Å². The van der Waals surface area contributed by atoms with Crippen molar-refractivity contribution in [2.24, 2.45) is 10.1 Å². The number of hydrogen-bond acceptors (Lipinski definition) is 5. The summed E-state index contributed by atoms with van der Waals surface area (Å²) in [4.78, 5) is 16.3. The number of aliphatic imine (C=N–C) groups is 1. The Hall–Kier alpha value is -2.93. The van der Waals surface area contributed by atoms with Crippen molar-refractivity contribution in [3.63, 3.8) is 0 Å². The summed E-state index contributed by atoms with van der Waals surface area (Å²) < 4.78 is 5.21. The van der Waals surface area contributed by atoms with Crippen LogP contribution in [0.3, 0.4) is 0 Å². The van der Waals surface area contributed by atoms with Crippen LogP contribution < -0.4 is 0 Å². The highest BCUT2D eigenvalue weighted by atomic mass is 32.2. The highest BCUT2D eigenvalue weighted by molar-refractivity contribution is 8.27. The van der Waals surface area contributed by atoms with E-state index in [1.807, 2.05) is 31.2 Å². The first kappa shape index (κ1) is 14.6. The van der Waals surface area contributed by atoms with Gasteiger partial charge >= 0.3 is 0 Å². The predicted octanol–water partition coefficient (Wildman–Crippen LogP) is 3.26. The molecular formula is C17H12N4O2S. The zero-order valence-corrected chi connectivity index (χ0v) is 13.5. The van der Waals surface area contributed by atoms with Gasteiger partial charge in [-0.2, -0.15) is 15.1 Å². The summed E-state index contributed by atoms with van der Waals surface area (Å²) in [5, 5.41) is 15.2. The molecule has 0 radical (unpaired) electrons. The first-order chi connectivity index (χ1) is 11.6. The number of aryl methyl sites for hydroxylation is 1. The van der Waals surface area contributed by atoms with Crippen molar-refractivity contribution in [3.8, 4) is 0 Å². The monoisotopic (exact) mass is 336 g/mol. The summed E-state index contributed by atoms with van der Waals surface area (Å²) in [6.45, 7) is 2.01. The lowest BCUT2D eigenvalue weighted by Gasteiger charge is -2.19. The van der Waals surface area contributed by atoms with Gasteiger partial charge in [0.2, 0.25) is 5.17 Å². The summed E-state index contributed by atoms with van der Waals surface area (Å²) in [6, 6.07) is 11.4. The minimum atomic E-state index is -0.462. The number of hydrazone groups is 1. The lowest BCUT2D eigenvalue weighted by molar-refractivity contribution is -0.114. The molecule has 0 saturated heterocycles. The molecule has 0 fully saturated rings. The molecule has 1 amide bonds. The lowest BCUT2D eigenvalue weighted by Crippen LogP contribution is -2.35. The Morgan fingerprint density at radius 2 is 2.04 bits per heavy atom. The maximum Gasteiger partial charge on any atom is 0.283 e. The molecule has 2 aliphatic heterocycles. The van der Waals surface area contributed by atoms with Crippen molar-refractivity contribution < 1.29 is 9.21 Å². The lowest BCUT2D eigenvalue weighted by atomic mass is 10.1. The molecule has 0 saturated carbocycles. The molecule has 1 aromatic heterocycles. The van der Waals surface area contributed by atoms with E-state index in [0.717, 1.165) is 11.1 Å². The van der Waals surface area contributed by atoms with Gasteiger partial charge in [0, 0.05) is 5.56 Å². The van der Waals surface area contributed by atoms with E-state index in [1.54, 1.807) is 12.1 Å². The van der Waals surface area contributed by atoms with Crippen LogP contribution in [-0.4, -0.2) is 27.0 Å².